The molecule has 47 heavy (non-hydrogen) atoms. The van der Waals surface area contributed by atoms with Gasteiger partial charge in [0.25, 0.3) is 0 Å². The summed E-state index contributed by atoms with van der Waals surface area (Å²) in [7, 11) is 0. The number of aromatic amines is 1. The molecule has 3 aromatic carbocycles. The third-order valence-corrected chi connectivity index (χ3v) is 7.17. The number of pyridine rings is 1. The molecule has 13 heteroatoms. The number of rotatable bonds is 6. The molecule has 246 valence electrons. The van der Waals surface area contributed by atoms with Gasteiger partial charge in [-0.1, -0.05) is 24.3 Å². The van der Waals surface area contributed by atoms with Gasteiger partial charge in [0.15, 0.2) is 0 Å². The summed E-state index contributed by atoms with van der Waals surface area (Å²) in [4.78, 5) is 31.0. The van der Waals surface area contributed by atoms with Crippen molar-refractivity contribution in [3.63, 3.8) is 0 Å². The number of para-hydroxylation sites is 2. The van der Waals surface area contributed by atoms with Crippen LogP contribution in [0.5, 0.6) is 0 Å². The van der Waals surface area contributed by atoms with Crippen LogP contribution in [-0.2, 0) is 19.3 Å². The molecule has 0 aliphatic carbocycles. The lowest BCUT2D eigenvalue weighted by Gasteiger charge is -2.17. The molecule has 0 bridgehead atoms. The first kappa shape index (κ1) is 33.4. The van der Waals surface area contributed by atoms with Crippen molar-refractivity contribution in [3.8, 4) is 16.8 Å². The monoisotopic (exact) mass is 651 g/mol. The van der Waals surface area contributed by atoms with Gasteiger partial charge in [-0.25, -0.2) is 14.0 Å². The number of imidazole rings is 2. The summed E-state index contributed by atoms with van der Waals surface area (Å²) >= 11 is 0. The molecule has 0 atom stereocenters. The zero-order valence-electron chi connectivity index (χ0n) is 26.0. The van der Waals surface area contributed by atoms with Crippen molar-refractivity contribution in [1.82, 2.24) is 23.7 Å². The molecule has 3 N–H and O–H groups in total. The summed E-state index contributed by atoms with van der Waals surface area (Å²) in [6.07, 6.45) is -3.34. The first-order valence-electron chi connectivity index (χ1n) is 14.6. The minimum Gasteiger partial charge on any atom is -0.389 e. The summed E-state index contributed by atoms with van der Waals surface area (Å²) in [5.41, 5.74) is 0.686. The molecule has 3 aromatic heterocycles. The molecule has 0 radical (unpaired) electrons. The van der Waals surface area contributed by atoms with Crippen LogP contribution in [0.1, 0.15) is 33.4 Å². The maximum atomic E-state index is 13.1. The molecule has 0 aliphatic heterocycles. The second kappa shape index (κ2) is 12.3. The van der Waals surface area contributed by atoms with Crippen LogP contribution in [-0.4, -0.2) is 45.1 Å². The number of hydrogen-bond donors (Lipinski definition) is 3. The lowest BCUT2D eigenvalue weighted by molar-refractivity contribution is -0.141. The Morgan fingerprint density at radius 1 is 0.745 bits per heavy atom. The summed E-state index contributed by atoms with van der Waals surface area (Å²) in [5, 5.41) is 20.0. The molecule has 0 aliphatic rings. The van der Waals surface area contributed by atoms with Crippen LogP contribution in [0.2, 0.25) is 0 Å². The molecule has 0 unspecified atom stereocenters. The molecule has 0 amide bonds. The van der Waals surface area contributed by atoms with Crippen molar-refractivity contribution < 1.29 is 27.8 Å². The highest BCUT2D eigenvalue weighted by atomic mass is 19.4. The minimum absolute atomic E-state index is 0.118. The van der Waals surface area contributed by atoms with Gasteiger partial charge in [-0.2, -0.15) is 13.2 Å². The molecular weight excluding hydrogens is 618 g/mol. The molecule has 0 fully saturated rings. The SMILES string of the molecule is CC(C)(O)Cn1c(=O)[nH]c2cc(-c3ccc(C(F)(F)F)nc3)ccc21.CC(C)(O)Cn1c(=O)n(-c2ccc(F)cc2)c2ccccc21. The second-order valence-electron chi connectivity index (χ2n) is 12.5. The fourth-order valence-corrected chi connectivity index (χ4v) is 5.21. The van der Waals surface area contributed by atoms with Gasteiger partial charge in [-0.3, -0.25) is 18.7 Å². The number of nitrogens with zero attached hydrogens (tertiary/aromatic N) is 4. The van der Waals surface area contributed by atoms with Crippen molar-refractivity contribution in [3.05, 3.63) is 118 Å². The number of halogens is 4. The molecule has 0 spiro atoms. The standard InChI is InChI=1S/C17H16F3N3O2.C17H17FN2O2/c1-16(2,25)9-23-13-5-3-10(7-12(13)22-15(23)24)11-4-6-14(21-8-11)17(18,19)20;1-17(2,22)11-19-14-5-3-4-6-15(14)20(16(19)21)13-9-7-12(18)8-10-13/h3-8,25H,9H2,1-2H3,(H,22,24);3-10,22H,11H2,1-2H3. The Hall–Kier alpha value is -5.01. The molecular formula is C34H33F4N5O4. The van der Waals surface area contributed by atoms with Crippen molar-refractivity contribution in [1.29, 1.82) is 0 Å². The van der Waals surface area contributed by atoms with Crippen LogP contribution in [0.15, 0.2) is 94.6 Å². The van der Waals surface area contributed by atoms with Crippen LogP contribution in [0.3, 0.4) is 0 Å². The Kier molecular flexibility index (Phi) is 8.73. The summed E-state index contributed by atoms with van der Waals surface area (Å²) < 4.78 is 55.4. The zero-order chi connectivity index (χ0) is 34.3. The van der Waals surface area contributed by atoms with E-state index in [2.05, 4.69) is 9.97 Å². The van der Waals surface area contributed by atoms with E-state index in [9.17, 15) is 37.4 Å². The van der Waals surface area contributed by atoms with Crippen LogP contribution in [0, 0.1) is 5.82 Å². The Morgan fingerprint density at radius 2 is 1.34 bits per heavy atom. The van der Waals surface area contributed by atoms with Gasteiger partial charge in [0.2, 0.25) is 0 Å². The highest BCUT2D eigenvalue weighted by Gasteiger charge is 2.32. The van der Waals surface area contributed by atoms with E-state index in [-0.39, 0.29) is 30.3 Å². The molecule has 6 rings (SSSR count). The minimum atomic E-state index is -4.48. The molecule has 0 saturated carbocycles. The molecule has 9 nitrogen and oxygen atoms in total. The number of nitrogens with one attached hydrogen (secondary N) is 1. The van der Waals surface area contributed by atoms with Crippen LogP contribution >= 0.6 is 0 Å². The Morgan fingerprint density at radius 3 is 1.91 bits per heavy atom. The fourth-order valence-electron chi connectivity index (χ4n) is 5.21. The number of fused-ring (bicyclic) bond motifs is 2. The maximum absolute atomic E-state index is 13.1. The number of aliphatic hydroxyl groups is 2. The van der Waals surface area contributed by atoms with Crippen molar-refractivity contribution >= 4 is 22.1 Å². The fraction of sp³-hybridized carbons (Fsp3) is 0.265. The molecule has 6 aromatic rings. The number of hydrogen-bond acceptors (Lipinski definition) is 5. The van der Waals surface area contributed by atoms with Gasteiger partial charge in [0, 0.05) is 11.8 Å². The summed E-state index contributed by atoms with van der Waals surface area (Å²) in [5.74, 6) is -0.350. The summed E-state index contributed by atoms with van der Waals surface area (Å²) in [6.45, 7) is 6.81. The van der Waals surface area contributed by atoms with Gasteiger partial charge in [-0.15, -0.1) is 0 Å². The Labute approximate surface area is 266 Å². The van der Waals surface area contributed by atoms with E-state index in [4.69, 9.17) is 0 Å². The highest BCUT2D eigenvalue weighted by Crippen LogP contribution is 2.30. The van der Waals surface area contributed by atoms with Gasteiger partial charge < -0.3 is 15.2 Å². The normalized spacial score (nSPS) is 12.4. The van der Waals surface area contributed by atoms with E-state index in [0.717, 1.165) is 23.3 Å². The predicted molar refractivity (Wildman–Crippen MR) is 171 cm³/mol. The van der Waals surface area contributed by atoms with E-state index in [1.807, 2.05) is 24.3 Å². The third kappa shape index (κ3) is 7.53. The zero-order valence-corrected chi connectivity index (χ0v) is 26.0. The topological polar surface area (TPSA) is 118 Å². The van der Waals surface area contributed by atoms with E-state index in [1.54, 1.807) is 62.6 Å². The molecule has 0 saturated heterocycles. The molecule has 3 heterocycles. The lowest BCUT2D eigenvalue weighted by Crippen LogP contribution is -2.33. The second-order valence-corrected chi connectivity index (χ2v) is 12.5. The average molecular weight is 652 g/mol. The van der Waals surface area contributed by atoms with Crippen molar-refractivity contribution in [2.45, 2.75) is 58.2 Å². The average Bonchev–Trinajstić information content (AvgIpc) is 3.43. The summed E-state index contributed by atoms with van der Waals surface area (Å²) in [6, 6.07) is 20.4. The third-order valence-electron chi connectivity index (χ3n) is 7.17. The van der Waals surface area contributed by atoms with Gasteiger partial charge in [0.1, 0.15) is 11.5 Å². The van der Waals surface area contributed by atoms with Crippen molar-refractivity contribution in [2.75, 3.05) is 0 Å². The van der Waals surface area contributed by atoms with Crippen LogP contribution in [0.25, 0.3) is 38.9 Å². The Bertz CT molecular complexity index is 2150. The number of aromatic nitrogens is 5. The van der Waals surface area contributed by atoms with E-state index < -0.39 is 23.1 Å². The van der Waals surface area contributed by atoms with Gasteiger partial charge in [-0.05, 0) is 87.9 Å². The smallest absolute Gasteiger partial charge is 0.389 e. The van der Waals surface area contributed by atoms with Gasteiger partial charge >= 0.3 is 17.6 Å². The van der Waals surface area contributed by atoms with Gasteiger partial charge in [0.05, 0.1) is 52.0 Å². The van der Waals surface area contributed by atoms with Crippen molar-refractivity contribution in [2.24, 2.45) is 0 Å². The highest BCUT2D eigenvalue weighted by molar-refractivity contribution is 5.82. The van der Waals surface area contributed by atoms with Crippen LogP contribution in [0.4, 0.5) is 17.6 Å². The van der Waals surface area contributed by atoms with E-state index >= 15 is 0 Å². The largest absolute Gasteiger partial charge is 0.433 e. The number of H-pyrrole nitrogens is 1. The lowest BCUT2D eigenvalue weighted by atomic mass is 10.1. The first-order chi connectivity index (χ1) is 21.9. The van der Waals surface area contributed by atoms with E-state index in [1.165, 1.54) is 27.3 Å². The number of benzene rings is 3. The predicted octanol–water partition coefficient (Wildman–Crippen LogP) is 5.88. The first-order valence-corrected chi connectivity index (χ1v) is 14.6. The Balaban J connectivity index is 0.000000186. The number of alkyl halides is 3. The van der Waals surface area contributed by atoms with E-state index in [0.29, 0.717) is 27.8 Å². The maximum Gasteiger partial charge on any atom is 0.433 e. The van der Waals surface area contributed by atoms with Crippen LogP contribution < -0.4 is 11.4 Å². The quantitative estimate of drug-likeness (QED) is 0.195.